The summed E-state index contributed by atoms with van der Waals surface area (Å²) in [6.07, 6.45) is 6.82. The summed E-state index contributed by atoms with van der Waals surface area (Å²) in [5.41, 5.74) is 9.89. The van der Waals surface area contributed by atoms with Crippen LogP contribution in [-0.2, 0) is 12.8 Å². The van der Waals surface area contributed by atoms with E-state index in [-0.39, 0.29) is 0 Å². The minimum absolute atomic E-state index is 0.721. The summed E-state index contributed by atoms with van der Waals surface area (Å²) in [5.74, 6) is 0. The first-order valence-electron chi connectivity index (χ1n) is 8.45. The van der Waals surface area contributed by atoms with Crippen molar-refractivity contribution in [2.75, 3.05) is 25.4 Å². The molecule has 3 rings (SSSR count). The highest BCUT2D eigenvalue weighted by Gasteiger charge is 2.18. The molecular weight excluding hydrogens is 302 g/mol. The molecule has 0 fully saturated rings. The number of anilines is 1. The van der Waals surface area contributed by atoms with Crippen LogP contribution in [0.1, 0.15) is 35.9 Å². The average molecular weight is 327 g/mol. The van der Waals surface area contributed by atoms with Crippen molar-refractivity contribution in [1.29, 1.82) is 0 Å². The lowest BCUT2D eigenvalue weighted by Crippen LogP contribution is -2.28. The Hall–Kier alpha value is -1.65. The predicted molar refractivity (Wildman–Crippen MR) is 99.7 cm³/mol. The predicted octanol–water partition coefficient (Wildman–Crippen LogP) is 4.01. The number of thiazole rings is 1. The number of hydrogen-bond acceptors (Lipinski definition) is 4. The van der Waals surface area contributed by atoms with Crippen LogP contribution < -0.4 is 5.73 Å². The molecule has 2 heterocycles. The maximum Gasteiger partial charge on any atom is 0.180 e. The third-order valence-electron chi connectivity index (χ3n) is 4.28. The van der Waals surface area contributed by atoms with Crippen molar-refractivity contribution in [3.8, 4) is 0 Å². The first-order valence-corrected chi connectivity index (χ1v) is 9.27. The SMILES string of the molecule is CCCC(=Cc1ccccc1)CN1CCc2nc(N)sc2CC1. The van der Waals surface area contributed by atoms with Gasteiger partial charge in [-0.3, -0.25) is 4.90 Å². The van der Waals surface area contributed by atoms with E-state index in [1.165, 1.54) is 34.5 Å². The van der Waals surface area contributed by atoms with Gasteiger partial charge in [0.25, 0.3) is 0 Å². The van der Waals surface area contributed by atoms with Gasteiger partial charge in [0.05, 0.1) is 5.69 Å². The van der Waals surface area contributed by atoms with E-state index >= 15 is 0 Å². The highest BCUT2D eigenvalue weighted by Crippen LogP contribution is 2.25. The molecule has 0 radical (unpaired) electrons. The van der Waals surface area contributed by atoms with Crippen molar-refractivity contribution >= 4 is 22.5 Å². The minimum atomic E-state index is 0.721. The van der Waals surface area contributed by atoms with Gasteiger partial charge in [0.2, 0.25) is 0 Å². The van der Waals surface area contributed by atoms with Gasteiger partial charge in [-0.25, -0.2) is 4.98 Å². The second-order valence-corrected chi connectivity index (χ2v) is 7.28. The Morgan fingerprint density at radius 2 is 2.04 bits per heavy atom. The zero-order chi connectivity index (χ0) is 16.1. The summed E-state index contributed by atoms with van der Waals surface area (Å²) in [4.78, 5) is 8.43. The molecule has 0 amide bonds. The van der Waals surface area contributed by atoms with Crippen LogP contribution in [0.15, 0.2) is 35.9 Å². The van der Waals surface area contributed by atoms with Gasteiger partial charge in [0.15, 0.2) is 5.13 Å². The van der Waals surface area contributed by atoms with Crippen LogP contribution in [0.25, 0.3) is 6.08 Å². The van der Waals surface area contributed by atoms with Crippen molar-refractivity contribution in [3.05, 3.63) is 52.0 Å². The van der Waals surface area contributed by atoms with Gasteiger partial charge in [-0.05, 0) is 18.4 Å². The minimum Gasteiger partial charge on any atom is -0.375 e. The molecule has 2 N–H and O–H groups in total. The first kappa shape index (κ1) is 16.2. The maximum atomic E-state index is 5.83. The lowest BCUT2D eigenvalue weighted by atomic mass is 10.1. The summed E-state index contributed by atoms with van der Waals surface area (Å²) in [6, 6.07) is 10.7. The summed E-state index contributed by atoms with van der Waals surface area (Å²) in [5, 5.41) is 0.721. The Morgan fingerprint density at radius 1 is 1.26 bits per heavy atom. The monoisotopic (exact) mass is 327 g/mol. The number of nitrogens with two attached hydrogens (primary N) is 1. The fourth-order valence-electron chi connectivity index (χ4n) is 3.18. The summed E-state index contributed by atoms with van der Waals surface area (Å²) in [6.45, 7) is 5.50. The second-order valence-electron chi connectivity index (χ2n) is 6.16. The number of nitrogens with zero attached hydrogens (tertiary/aromatic N) is 2. The largest absolute Gasteiger partial charge is 0.375 e. The van der Waals surface area contributed by atoms with Crippen molar-refractivity contribution in [2.45, 2.75) is 32.6 Å². The van der Waals surface area contributed by atoms with Gasteiger partial charge in [0.1, 0.15) is 0 Å². The molecule has 1 aromatic heterocycles. The standard InChI is InChI=1S/C19H25N3S/c1-2-6-16(13-15-7-4-3-5-8-15)14-22-11-9-17-18(10-12-22)23-19(20)21-17/h3-5,7-8,13H,2,6,9-12,14H2,1H3,(H2,20,21). The van der Waals surface area contributed by atoms with E-state index in [2.05, 4.69) is 53.2 Å². The molecule has 0 unspecified atom stereocenters. The van der Waals surface area contributed by atoms with Crippen LogP contribution in [-0.4, -0.2) is 29.5 Å². The molecule has 1 aliphatic rings. The van der Waals surface area contributed by atoms with E-state index in [0.717, 1.165) is 37.6 Å². The van der Waals surface area contributed by atoms with Crippen molar-refractivity contribution in [2.24, 2.45) is 0 Å². The average Bonchev–Trinajstić information content (AvgIpc) is 2.81. The van der Waals surface area contributed by atoms with Crippen LogP contribution in [0.5, 0.6) is 0 Å². The molecule has 0 saturated heterocycles. The van der Waals surface area contributed by atoms with Crippen LogP contribution in [0, 0.1) is 0 Å². The molecule has 23 heavy (non-hydrogen) atoms. The van der Waals surface area contributed by atoms with Gasteiger partial charge in [0, 0.05) is 30.9 Å². The Labute approximate surface area is 142 Å². The first-order chi connectivity index (χ1) is 11.2. The molecule has 2 aromatic rings. The lowest BCUT2D eigenvalue weighted by Gasteiger charge is -2.21. The van der Waals surface area contributed by atoms with Crippen LogP contribution in [0.2, 0.25) is 0 Å². The normalized spacial score (nSPS) is 16.1. The van der Waals surface area contributed by atoms with Gasteiger partial charge < -0.3 is 5.73 Å². The van der Waals surface area contributed by atoms with Crippen LogP contribution >= 0.6 is 11.3 Å². The van der Waals surface area contributed by atoms with E-state index in [4.69, 9.17) is 5.73 Å². The Kier molecular flexibility index (Phi) is 5.47. The lowest BCUT2D eigenvalue weighted by molar-refractivity contribution is 0.309. The molecule has 0 saturated carbocycles. The maximum absolute atomic E-state index is 5.83. The number of aromatic nitrogens is 1. The number of fused-ring (bicyclic) bond motifs is 1. The third kappa shape index (κ3) is 4.43. The number of hydrogen-bond donors (Lipinski definition) is 1. The number of rotatable bonds is 5. The van der Waals surface area contributed by atoms with E-state index in [1.54, 1.807) is 11.3 Å². The molecule has 1 aromatic carbocycles. The smallest absolute Gasteiger partial charge is 0.180 e. The number of nitrogen functional groups attached to an aromatic ring is 1. The van der Waals surface area contributed by atoms with Gasteiger partial charge in [-0.2, -0.15) is 0 Å². The van der Waals surface area contributed by atoms with E-state index < -0.39 is 0 Å². The topological polar surface area (TPSA) is 42.2 Å². The summed E-state index contributed by atoms with van der Waals surface area (Å²) < 4.78 is 0. The van der Waals surface area contributed by atoms with E-state index in [9.17, 15) is 0 Å². The third-order valence-corrected chi connectivity index (χ3v) is 5.27. The molecule has 4 heteroatoms. The molecule has 3 nitrogen and oxygen atoms in total. The van der Waals surface area contributed by atoms with E-state index in [0.29, 0.717) is 0 Å². The van der Waals surface area contributed by atoms with Gasteiger partial charge in [-0.15, -0.1) is 11.3 Å². The molecule has 1 aliphatic heterocycles. The van der Waals surface area contributed by atoms with E-state index in [1.807, 2.05) is 0 Å². The fraction of sp³-hybridized carbons (Fsp3) is 0.421. The highest BCUT2D eigenvalue weighted by atomic mass is 32.1. The van der Waals surface area contributed by atoms with Crippen molar-refractivity contribution in [3.63, 3.8) is 0 Å². The van der Waals surface area contributed by atoms with Gasteiger partial charge >= 0.3 is 0 Å². The van der Waals surface area contributed by atoms with Crippen molar-refractivity contribution < 1.29 is 0 Å². The van der Waals surface area contributed by atoms with Crippen molar-refractivity contribution in [1.82, 2.24) is 9.88 Å². The molecule has 0 spiro atoms. The van der Waals surface area contributed by atoms with Gasteiger partial charge in [-0.1, -0.05) is 55.3 Å². The Bertz CT molecular complexity index is 635. The summed E-state index contributed by atoms with van der Waals surface area (Å²) >= 11 is 1.66. The van der Waals surface area contributed by atoms with Crippen LogP contribution in [0.3, 0.4) is 0 Å². The summed E-state index contributed by atoms with van der Waals surface area (Å²) in [7, 11) is 0. The quantitative estimate of drug-likeness (QED) is 0.902. The molecule has 0 atom stereocenters. The zero-order valence-corrected chi connectivity index (χ0v) is 14.6. The zero-order valence-electron chi connectivity index (χ0n) is 13.8. The molecule has 0 aliphatic carbocycles. The molecule has 122 valence electrons. The fourth-order valence-corrected chi connectivity index (χ4v) is 4.04. The second kappa shape index (κ2) is 7.75. The Balaban J connectivity index is 1.67. The Morgan fingerprint density at radius 3 is 2.83 bits per heavy atom. The van der Waals surface area contributed by atoms with Crippen LogP contribution in [0.4, 0.5) is 5.13 Å². The number of benzene rings is 1. The highest BCUT2D eigenvalue weighted by molar-refractivity contribution is 7.15. The molecular formula is C19H25N3S. The molecule has 0 bridgehead atoms.